The number of nitrogens with two attached hydrogens (primary N) is 1. The number of amides is 4. The molecule has 4 aliphatic heterocycles. The van der Waals surface area contributed by atoms with E-state index >= 15 is 0 Å². The van der Waals surface area contributed by atoms with Crippen LogP contribution in [0.15, 0.2) is 22.9 Å². The molecule has 4 rings (SSSR count). The molecule has 22 N–H and O–H groups in total. The lowest BCUT2D eigenvalue weighted by Gasteiger charge is -2.45. The van der Waals surface area contributed by atoms with E-state index in [1.165, 1.54) is 6.92 Å². The van der Waals surface area contributed by atoms with Gasteiger partial charge in [-0.1, -0.05) is 0 Å². The second kappa shape index (κ2) is 31.6. The first-order valence-electron chi connectivity index (χ1n) is 25.0. The normalized spacial score (nSPS) is 37.0. The van der Waals surface area contributed by atoms with Crippen LogP contribution in [-0.2, 0) is 66.5 Å². The molecule has 35 heteroatoms. The van der Waals surface area contributed by atoms with E-state index in [0.29, 0.717) is 0 Å². The average molecular weight is 1170 g/mol. The minimum absolute atomic E-state index is 0.533. The molecule has 0 aromatic heterocycles. The molecule has 0 saturated carbocycles. The number of carbonyl (C=O) groups is 4. The molecular formula is C45H77N5O30. The van der Waals surface area contributed by atoms with Crippen LogP contribution in [-0.4, -0.2) is 293 Å². The van der Waals surface area contributed by atoms with Crippen LogP contribution >= 0.6 is 0 Å². The summed E-state index contributed by atoms with van der Waals surface area (Å²) in [6.45, 7) is 0.247. The summed E-state index contributed by atoms with van der Waals surface area (Å²) in [5, 5.41) is 181. The topological polar surface area (TPSA) is 558 Å². The molecule has 4 heterocycles. The Kier molecular flexibility index (Phi) is 27.0. The number of carbonyl (C=O) groups excluding carboxylic acids is 4. The van der Waals surface area contributed by atoms with Gasteiger partial charge in [0.2, 0.25) is 23.6 Å². The van der Waals surface area contributed by atoms with Crippen LogP contribution in [0, 0.1) is 0 Å². The smallest absolute Gasteiger partial charge is 0.221 e. The maximum Gasteiger partial charge on any atom is 0.221 e. The van der Waals surface area contributed by atoms with Gasteiger partial charge >= 0.3 is 0 Å². The lowest BCUT2D eigenvalue weighted by Crippen LogP contribution is -2.66. The Hall–Kier alpha value is -4.04. The Bertz CT molecular complexity index is 2060. The van der Waals surface area contributed by atoms with Gasteiger partial charge in [0, 0.05) is 53.8 Å². The van der Waals surface area contributed by atoms with Crippen LogP contribution in [0.3, 0.4) is 0 Å². The van der Waals surface area contributed by atoms with Crippen molar-refractivity contribution in [1.82, 2.24) is 21.3 Å². The second-order valence-corrected chi connectivity index (χ2v) is 19.0. The van der Waals surface area contributed by atoms with Crippen molar-refractivity contribution in [2.45, 2.75) is 195 Å². The quantitative estimate of drug-likeness (QED) is 0.0206. The van der Waals surface area contributed by atoms with Gasteiger partial charge in [-0.3, -0.25) is 19.2 Å². The Morgan fingerprint density at radius 1 is 0.537 bits per heavy atom. The molecule has 4 fully saturated rings. The summed E-state index contributed by atoms with van der Waals surface area (Å²) < 4.78 is 56.0. The van der Waals surface area contributed by atoms with Crippen molar-refractivity contribution in [2.75, 3.05) is 39.8 Å². The van der Waals surface area contributed by atoms with Crippen molar-refractivity contribution in [2.24, 2.45) is 5.73 Å². The van der Waals surface area contributed by atoms with Crippen molar-refractivity contribution in [1.29, 1.82) is 0 Å². The van der Waals surface area contributed by atoms with Gasteiger partial charge in [-0.25, -0.2) is 0 Å². The molecule has 0 aliphatic carbocycles. The summed E-state index contributed by atoms with van der Waals surface area (Å²) in [5.74, 6) is -5.86. The Labute approximate surface area is 455 Å². The first kappa shape index (κ1) is 68.5. The summed E-state index contributed by atoms with van der Waals surface area (Å²) in [5.41, 5.74) is 4.10. The molecule has 0 aromatic carbocycles. The number of ether oxygens (including phenoxy) is 10. The predicted octanol–water partition coefficient (Wildman–Crippen LogP) is -10.5. The molecule has 0 spiro atoms. The third-order valence-electron chi connectivity index (χ3n) is 12.8. The molecule has 462 valence electrons. The molecule has 4 aliphatic rings. The standard InChI is InChI=1S/C45H77N5O30/c1-14-29(59)36(66)37(67)45(73-14)72-13-71-12-23-39(34(64)27(40(68)74-23)49-17(4)57)80-42(70)26(48-16(3)56)31(61)20(7-9-52)76-44-28(50-18(5)58)35(65)38(22(11-54)78-44)79-41(69)25(47-15(2)55)30(60)19(6-8-51)75-43-24(46)33(63)32(62)21(10-53)77-43/h14,19-24,27-29,32-45,51-54,59-70H,6-13,46H2,1-5H3,(H,47,55)(H,48,56)(H,49,57)(H,50,58)/b30-25-,31-26-. The van der Waals surface area contributed by atoms with E-state index in [1.807, 2.05) is 0 Å². The number of hydrogen-bond acceptors (Lipinski definition) is 31. The molecule has 0 aromatic rings. The lowest BCUT2D eigenvalue weighted by atomic mass is 9.96. The van der Waals surface area contributed by atoms with Gasteiger partial charge in [-0.2, -0.15) is 0 Å². The predicted molar refractivity (Wildman–Crippen MR) is 256 cm³/mol. The van der Waals surface area contributed by atoms with Gasteiger partial charge in [0.1, 0.15) is 127 Å². The monoisotopic (exact) mass is 1170 g/mol. The van der Waals surface area contributed by atoms with Crippen LogP contribution in [0.2, 0.25) is 0 Å². The highest BCUT2D eigenvalue weighted by atomic mass is 16.8. The van der Waals surface area contributed by atoms with E-state index in [2.05, 4.69) is 21.3 Å². The number of hydrogen-bond donors (Lipinski definition) is 21. The van der Waals surface area contributed by atoms with Gasteiger partial charge in [0.25, 0.3) is 0 Å². The summed E-state index contributed by atoms with van der Waals surface area (Å²) in [6.07, 6.45) is -39.4. The summed E-state index contributed by atoms with van der Waals surface area (Å²) in [6, 6.07) is -5.05. The molecule has 80 heavy (non-hydrogen) atoms. The third kappa shape index (κ3) is 17.7. The molecule has 4 amide bonds. The summed E-state index contributed by atoms with van der Waals surface area (Å²) in [4.78, 5) is 49.8. The lowest BCUT2D eigenvalue weighted by molar-refractivity contribution is -0.318. The largest absolute Gasteiger partial charge is 0.507 e. The average Bonchev–Trinajstić information content (AvgIpc) is 3.50. The minimum atomic E-state index is -2.55. The van der Waals surface area contributed by atoms with E-state index in [4.69, 9.17) is 53.1 Å². The molecule has 24 unspecified atom stereocenters. The molecule has 0 bridgehead atoms. The first-order chi connectivity index (χ1) is 37.6. The zero-order valence-electron chi connectivity index (χ0n) is 44.0. The fourth-order valence-electron chi connectivity index (χ4n) is 8.78. The first-order valence-corrected chi connectivity index (χ1v) is 25.0. The molecule has 35 nitrogen and oxygen atoms in total. The van der Waals surface area contributed by atoms with E-state index in [1.54, 1.807) is 0 Å². The molecule has 24 atom stereocenters. The number of nitrogens with one attached hydrogen (secondary N) is 4. The van der Waals surface area contributed by atoms with Gasteiger partial charge in [0.05, 0.1) is 32.0 Å². The Morgan fingerprint density at radius 3 is 1.50 bits per heavy atom. The highest BCUT2D eigenvalue weighted by Gasteiger charge is 2.52. The van der Waals surface area contributed by atoms with Crippen molar-refractivity contribution in [3.63, 3.8) is 0 Å². The van der Waals surface area contributed by atoms with Crippen LogP contribution in [0.1, 0.15) is 47.5 Å². The van der Waals surface area contributed by atoms with E-state index in [9.17, 15) is 101 Å². The third-order valence-corrected chi connectivity index (χ3v) is 12.8. The van der Waals surface area contributed by atoms with Crippen molar-refractivity contribution in [3.8, 4) is 0 Å². The van der Waals surface area contributed by atoms with E-state index in [-0.39, 0.29) is 0 Å². The Balaban J connectivity index is 1.64. The fourth-order valence-corrected chi connectivity index (χ4v) is 8.78. The van der Waals surface area contributed by atoms with Gasteiger partial charge in [-0.05, 0) is 6.92 Å². The van der Waals surface area contributed by atoms with Crippen molar-refractivity contribution < 1.29 is 148 Å². The molecule has 4 saturated heterocycles. The maximum absolute atomic E-state index is 12.6. The molecule has 0 radical (unpaired) electrons. The summed E-state index contributed by atoms with van der Waals surface area (Å²) >= 11 is 0. The van der Waals surface area contributed by atoms with E-state index < -0.39 is 247 Å². The zero-order valence-corrected chi connectivity index (χ0v) is 44.0. The van der Waals surface area contributed by atoms with E-state index in [0.717, 1.165) is 27.7 Å². The van der Waals surface area contributed by atoms with Crippen LogP contribution in [0.4, 0.5) is 0 Å². The molecular weight excluding hydrogens is 1090 g/mol. The second-order valence-electron chi connectivity index (χ2n) is 19.0. The minimum Gasteiger partial charge on any atom is -0.507 e. The SMILES string of the molecule is CC(=O)N/C(=C(\O)C(CCO)OC1OC(CO)C(O)C(O)C1N)C(O)OC1C(CO)OC(OC(CCO)/C(O)=C(/NC(C)=O)C(O)OC2C(COCOC3OC(C)C(O)C(O)C3O)OC(O)C(NC(C)=O)C2O)C(NC(C)=O)C1O. The van der Waals surface area contributed by atoms with Crippen LogP contribution < -0.4 is 27.0 Å². The maximum atomic E-state index is 12.6. The van der Waals surface area contributed by atoms with Crippen LogP contribution in [0.5, 0.6) is 0 Å². The Morgan fingerprint density at radius 2 is 1.01 bits per heavy atom. The number of aliphatic hydroxyl groups is 16. The zero-order chi connectivity index (χ0) is 60.0. The number of rotatable bonds is 27. The fraction of sp³-hybridized carbons (Fsp3) is 0.822. The number of aliphatic hydroxyl groups excluding tert-OH is 16. The van der Waals surface area contributed by atoms with Gasteiger partial charge in [-0.15, -0.1) is 0 Å². The summed E-state index contributed by atoms with van der Waals surface area (Å²) in [7, 11) is 0. The van der Waals surface area contributed by atoms with Crippen LogP contribution in [0.25, 0.3) is 0 Å². The van der Waals surface area contributed by atoms with Crippen molar-refractivity contribution >= 4 is 23.6 Å². The van der Waals surface area contributed by atoms with Gasteiger partial charge < -0.3 is 156 Å². The highest BCUT2D eigenvalue weighted by molar-refractivity contribution is 5.76. The highest BCUT2D eigenvalue weighted by Crippen LogP contribution is 2.32. The van der Waals surface area contributed by atoms with Crippen molar-refractivity contribution in [3.05, 3.63) is 22.9 Å². The van der Waals surface area contributed by atoms with Gasteiger partial charge in [0.15, 0.2) is 37.7 Å².